The Hall–Kier alpha value is -2.96. The van der Waals surface area contributed by atoms with E-state index >= 15 is 0 Å². The fraction of sp³-hybridized carbons (Fsp3) is 0.429. The van der Waals surface area contributed by atoms with Gasteiger partial charge in [0.25, 0.3) is 0 Å². The van der Waals surface area contributed by atoms with Crippen LogP contribution < -0.4 is 9.80 Å². The lowest BCUT2D eigenvalue weighted by molar-refractivity contribution is -0.136. The first-order valence-electron chi connectivity index (χ1n) is 9.85. The number of carbonyl (C=O) groups excluding carboxylic acids is 2. The summed E-state index contributed by atoms with van der Waals surface area (Å²) < 4.78 is 0. The Kier molecular flexibility index (Phi) is 5.23. The molecule has 0 aliphatic carbocycles. The molecule has 2 saturated heterocycles. The van der Waals surface area contributed by atoms with Gasteiger partial charge in [0.05, 0.1) is 5.92 Å². The van der Waals surface area contributed by atoms with Gasteiger partial charge in [-0.2, -0.15) is 0 Å². The third-order valence-electron chi connectivity index (χ3n) is 5.53. The second-order valence-electron chi connectivity index (χ2n) is 7.29. The number of aryl methyl sites for hydroxylation is 1. The lowest BCUT2D eigenvalue weighted by Crippen LogP contribution is -2.51. The Morgan fingerprint density at radius 2 is 1.86 bits per heavy atom. The van der Waals surface area contributed by atoms with Crippen LogP contribution in [0.5, 0.6) is 0 Å². The monoisotopic (exact) mass is 379 g/mol. The minimum absolute atomic E-state index is 0.0305. The van der Waals surface area contributed by atoms with E-state index in [2.05, 4.69) is 27.9 Å². The van der Waals surface area contributed by atoms with Crippen molar-refractivity contribution in [2.24, 2.45) is 5.92 Å². The molecular formula is C21H25N5O2. The zero-order valence-corrected chi connectivity index (χ0v) is 16.1. The summed E-state index contributed by atoms with van der Waals surface area (Å²) in [5.41, 5.74) is 2.09. The van der Waals surface area contributed by atoms with Crippen LogP contribution in [0.4, 0.5) is 11.6 Å². The van der Waals surface area contributed by atoms with Gasteiger partial charge >= 0.3 is 0 Å². The van der Waals surface area contributed by atoms with Gasteiger partial charge in [-0.3, -0.25) is 9.59 Å². The van der Waals surface area contributed by atoms with Crippen molar-refractivity contribution < 1.29 is 9.59 Å². The first-order chi connectivity index (χ1) is 13.7. The molecule has 7 heteroatoms. The van der Waals surface area contributed by atoms with Crippen molar-refractivity contribution >= 4 is 23.5 Å². The predicted octanol–water partition coefficient (Wildman–Crippen LogP) is 1.74. The van der Waals surface area contributed by atoms with Crippen molar-refractivity contribution in [3.05, 3.63) is 48.3 Å². The van der Waals surface area contributed by atoms with Crippen LogP contribution in [-0.2, 0) is 16.0 Å². The summed E-state index contributed by atoms with van der Waals surface area (Å²) in [5, 5.41) is 0. The summed E-state index contributed by atoms with van der Waals surface area (Å²) >= 11 is 0. The maximum atomic E-state index is 13.0. The number of hydrogen-bond donors (Lipinski definition) is 0. The Bertz CT molecular complexity index is 849. The highest BCUT2D eigenvalue weighted by molar-refractivity contribution is 6.00. The van der Waals surface area contributed by atoms with Crippen molar-refractivity contribution in [2.45, 2.75) is 19.8 Å². The Balaban J connectivity index is 1.37. The summed E-state index contributed by atoms with van der Waals surface area (Å²) in [5.74, 6) is 0.545. The molecule has 1 aromatic heterocycles. The molecule has 1 atom stereocenters. The van der Waals surface area contributed by atoms with Crippen LogP contribution in [0.2, 0.25) is 0 Å². The molecule has 0 saturated carbocycles. The average Bonchev–Trinajstić information content (AvgIpc) is 3.15. The summed E-state index contributed by atoms with van der Waals surface area (Å²) in [6.07, 6.45) is 4.67. The van der Waals surface area contributed by atoms with E-state index < -0.39 is 0 Å². The molecule has 0 radical (unpaired) electrons. The van der Waals surface area contributed by atoms with E-state index in [1.54, 1.807) is 23.4 Å². The number of piperazine rings is 1. The molecule has 28 heavy (non-hydrogen) atoms. The SMILES string of the molecule is CCc1cccc(N2C[C@H](C(=O)N3CCN(c4ncccn4)CC3)CC2=O)c1. The van der Waals surface area contributed by atoms with Crippen LogP contribution in [0.3, 0.4) is 0 Å². The van der Waals surface area contributed by atoms with Crippen molar-refractivity contribution in [2.75, 3.05) is 42.5 Å². The number of nitrogens with zero attached hydrogens (tertiary/aromatic N) is 5. The Morgan fingerprint density at radius 1 is 1.11 bits per heavy atom. The van der Waals surface area contributed by atoms with Crippen LogP contribution >= 0.6 is 0 Å². The highest BCUT2D eigenvalue weighted by Gasteiger charge is 2.38. The molecule has 3 heterocycles. The van der Waals surface area contributed by atoms with E-state index in [4.69, 9.17) is 0 Å². The molecular weight excluding hydrogens is 354 g/mol. The van der Waals surface area contributed by atoms with E-state index in [9.17, 15) is 9.59 Å². The van der Waals surface area contributed by atoms with Gasteiger partial charge in [0.2, 0.25) is 17.8 Å². The first-order valence-corrected chi connectivity index (χ1v) is 9.85. The normalized spacial score (nSPS) is 20.0. The minimum Gasteiger partial charge on any atom is -0.339 e. The smallest absolute Gasteiger partial charge is 0.228 e. The number of amides is 2. The van der Waals surface area contributed by atoms with Crippen LogP contribution in [0, 0.1) is 5.92 Å². The molecule has 2 aromatic rings. The van der Waals surface area contributed by atoms with Gasteiger partial charge in [0, 0.05) is 57.2 Å². The van der Waals surface area contributed by atoms with Crippen molar-refractivity contribution in [1.82, 2.24) is 14.9 Å². The molecule has 1 aromatic carbocycles. The lowest BCUT2D eigenvalue weighted by atomic mass is 10.1. The van der Waals surface area contributed by atoms with E-state index in [0.717, 1.165) is 12.1 Å². The van der Waals surface area contributed by atoms with Crippen LogP contribution in [0.1, 0.15) is 18.9 Å². The van der Waals surface area contributed by atoms with Crippen molar-refractivity contribution in [3.63, 3.8) is 0 Å². The molecule has 2 fully saturated rings. The van der Waals surface area contributed by atoms with Gasteiger partial charge in [0.15, 0.2) is 0 Å². The standard InChI is InChI=1S/C21H25N5O2/c1-2-16-5-3-6-18(13-16)26-15-17(14-19(26)27)20(28)24-9-11-25(12-10-24)21-22-7-4-8-23-21/h3-8,13,17H,2,9-12,14-15H2,1H3/t17-/m1/s1. The number of hydrogen-bond acceptors (Lipinski definition) is 5. The van der Waals surface area contributed by atoms with E-state index in [1.165, 1.54) is 5.56 Å². The fourth-order valence-electron chi connectivity index (χ4n) is 3.91. The molecule has 0 bridgehead atoms. The number of aromatic nitrogens is 2. The Labute approximate surface area is 165 Å². The molecule has 0 spiro atoms. The van der Waals surface area contributed by atoms with Crippen LogP contribution in [-0.4, -0.2) is 59.4 Å². The third-order valence-corrected chi connectivity index (χ3v) is 5.53. The molecule has 2 aliphatic heterocycles. The number of anilines is 2. The zero-order chi connectivity index (χ0) is 19.5. The van der Waals surface area contributed by atoms with Gasteiger partial charge in [-0.15, -0.1) is 0 Å². The minimum atomic E-state index is -0.266. The van der Waals surface area contributed by atoms with Gasteiger partial charge < -0.3 is 14.7 Å². The molecule has 146 valence electrons. The van der Waals surface area contributed by atoms with Crippen LogP contribution in [0.25, 0.3) is 0 Å². The predicted molar refractivity (Wildman–Crippen MR) is 107 cm³/mol. The van der Waals surface area contributed by atoms with E-state index in [-0.39, 0.29) is 24.2 Å². The molecule has 0 N–H and O–H groups in total. The summed E-state index contributed by atoms with van der Waals surface area (Å²) in [4.78, 5) is 39.8. The number of carbonyl (C=O) groups is 2. The van der Waals surface area contributed by atoms with Gasteiger partial charge in [-0.25, -0.2) is 9.97 Å². The molecule has 2 amide bonds. The number of rotatable bonds is 4. The maximum Gasteiger partial charge on any atom is 0.228 e. The van der Waals surface area contributed by atoms with Gasteiger partial charge in [-0.1, -0.05) is 19.1 Å². The summed E-state index contributed by atoms with van der Waals surface area (Å²) in [6.45, 7) is 5.24. The fourth-order valence-corrected chi connectivity index (χ4v) is 3.91. The topological polar surface area (TPSA) is 69.6 Å². The zero-order valence-electron chi connectivity index (χ0n) is 16.1. The molecule has 0 unspecified atom stereocenters. The highest BCUT2D eigenvalue weighted by atomic mass is 16.2. The molecule has 2 aliphatic rings. The van der Waals surface area contributed by atoms with Crippen molar-refractivity contribution in [3.8, 4) is 0 Å². The summed E-state index contributed by atoms with van der Waals surface area (Å²) in [7, 11) is 0. The third kappa shape index (κ3) is 3.69. The van der Waals surface area contributed by atoms with E-state index in [1.807, 2.05) is 23.1 Å². The Morgan fingerprint density at radius 3 is 2.57 bits per heavy atom. The average molecular weight is 379 g/mol. The number of benzene rings is 1. The van der Waals surface area contributed by atoms with Gasteiger partial charge in [-0.05, 0) is 30.2 Å². The quantitative estimate of drug-likeness (QED) is 0.809. The van der Waals surface area contributed by atoms with Crippen LogP contribution in [0.15, 0.2) is 42.7 Å². The second kappa shape index (κ2) is 7.96. The van der Waals surface area contributed by atoms with Crippen molar-refractivity contribution in [1.29, 1.82) is 0 Å². The van der Waals surface area contributed by atoms with Gasteiger partial charge in [0.1, 0.15) is 0 Å². The largest absolute Gasteiger partial charge is 0.339 e. The lowest BCUT2D eigenvalue weighted by Gasteiger charge is -2.35. The second-order valence-corrected chi connectivity index (χ2v) is 7.29. The highest BCUT2D eigenvalue weighted by Crippen LogP contribution is 2.27. The first kappa shape index (κ1) is 18.4. The molecule has 7 nitrogen and oxygen atoms in total. The maximum absolute atomic E-state index is 13.0. The van der Waals surface area contributed by atoms with E-state index in [0.29, 0.717) is 38.7 Å². The summed E-state index contributed by atoms with van der Waals surface area (Å²) in [6, 6.07) is 9.82. The molecule has 4 rings (SSSR count).